The quantitative estimate of drug-likeness (QED) is 0.800. The summed E-state index contributed by atoms with van der Waals surface area (Å²) in [6.07, 6.45) is 0.163. The number of ether oxygens (including phenoxy) is 3. The summed E-state index contributed by atoms with van der Waals surface area (Å²) in [5, 5.41) is 3.17. The molecule has 5 nitrogen and oxygen atoms in total. The Morgan fingerprint density at radius 1 is 1.24 bits per heavy atom. The molecular weight excluding hydrogens is 349 g/mol. The van der Waals surface area contributed by atoms with Crippen molar-refractivity contribution < 1.29 is 23.4 Å². The van der Waals surface area contributed by atoms with Crippen LogP contribution in [-0.4, -0.2) is 32.3 Å². The number of carbonyl (C=O) groups is 1. The Bertz CT molecular complexity index is 769. The maximum atomic E-state index is 13.0. The number of rotatable bonds is 6. The molecule has 1 amide bonds. The lowest BCUT2D eigenvalue weighted by Crippen LogP contribution is -2.29. The molecule has 0 radical (unpaired) electrons. The summed E-state index contributed by atoms with van der Waals surface area (Å²) in [7, 11) is 0. The van der Waals surface area contributed by atoms with Gasteiger partial charge in [0.2, 0.25) is 5.91 Å². The van der Waals surface area contributed by atoms with Crippen LogP contribution in [0.15, 0.2) is 36.4 Å². The van der Waals surface area contributed by atoms with Gasteiger partial charge in [0.05, 0.1) is 18.0 Å². The third kappa shape index (κ3) is 4.76. The van der Waals surface area contributed by atoms with Crippen LogP contribution in [0.4, 0.5) is 4.39 Å². The molecule has 132 valence electrons. The lowest BCUT2D eigenvalue weighted by molar-refractivity contribution is -0.120. The number of hydrogen-bond donors (Lipinski definition) is 1. The number of halogens is 2. The van der Waals surface area contributed by atoms with E-state index in [0.29, 0.717) is 42.0 Å². The summed E-state index contributed by atoms with van der Waals surface area (Å²) in [5.74, 6) is 0.956. The Labute approximate surface area is 149 Å². The van der Waals surface area contributed by atoms with Gasteiger partial charge in [0.1, 0.15) is 31.4 Å². The summed E-state index contributed by atoms with van der Waals surface area (Å²) in [5.41, 5.74) is 0.734. The molecule has 0 unspecified atom stereocenters. The van der Waals surface area contributed by atoms with E-state index in [4.69, 9.17) is 25.8 Å². The van der Waals surface area contributed by atoms with Crippen molar-refractivity contribution in [2.24, 2.45) is 0 Å². The first-order valence-electron chi connectivity index (χ1n) is 7.85. The molecule has 0 spiro atoms. The zero-order valence-electron chi connectivity index (χ0n) is 13.4. The fraction of sp³-hybridized carbons (Fsp3) is 0.278. The average molecular weight is 366 g/mol. The molecule has 1 aliphatic rings. The zero-order chi connectivity index (χ0) is 17.6. The smallest absolute Gasteiger partial charge is 0.224 e. The van der Waals surface area contributed by atoms with Gasteiger partial charge in [0.25, 0.3) is 0 Å². The van der Waals surface area contributed by atoms with E-state index in [2.05, 4.69) is 5.32 Å². The van der Waals surface area contributed by atoms with Crippen LogP contribution < -0.4 is 19.5 Å². The van der Waals surface area contributed by atoms with E-state index in [0.717, 1.165) is 5.56 Å². The van der Waals surface area contributed by atoms with E-state index in [1.54, 1.807) is 24.3 Å². The van der Waals surface area contributed by atoms with Gasteiger partial charge in [-0.3, -0.25) is 4.79 Å². The highest BCUT2D eigenvalue weighted by molar-refractivity contribution is 6.32. The molecule has 0 atom stereocenters. The Kier molecular flexibility index (Phi) is 5.60. The van der Waals surface area contributed by atoms with Crippen molar-refractivity contribution in [3.05, 3.63) is 52.8 Å². The topological polar surface area (TPSA) is 56.8 Å². The summed E-state index contributed by atoms with van der Waals surface area (Å²) in [6, 6.07) is 9.30. The molecule has 1 heterocycles. The van der Waals surface area contributed by atoms with E-state index < -0.39 is 0 Å². The highest BCUT2D eigenvalue weighted by Crippen LogP contribution is 2.38. The number of amides is 1. The highest BCUT2D eigenvalue weighted by atomic mass is 35.5. The summed E-state index contributed by atoms with van der Waals surface area (Å²) < 4.78 is 29.3. The van der Waals surface area contributed by atoms with E-state index in [1.807, 2.05) is 0 Å². The first kappa shape index (κ1) is 17.4. The van der Waals surface area contributed by atoms with Crippen LogP contribution in [0.5, 0.6) is 17.2 Å². The van der Waals surface area contributed by atoms with Crippen LogP contribution in [-0.2, 0) is 11.2 Å². The summed E-state index contributed by atoms with van der Waals surface area (Å²) in [6.45, 7) is 1.47. The third-order valence-electron chi connectivity index (χ3n) is 3.51. The molecule has 0 fully saturated rings. The Morgan fingerprint density at radius 2 is 2.08 bits per heavy atom. The molecule has 0 saturated heterocycles. The van der Waals surface area contributed by atoms with Gasteiger partial charge in [-0.1, -0.05) is 17.7 Å². The van der Waals surface area contributed by atoms with Gasteiger partial charge in [0.15, 0.2) is 11.5 Å². The fourth-order valence-electron chi connectivity index (χ4n) is 2.43. The Hall–Kier alpha value is -2.47. The van der Waals surface area contributed by atoms with Gasteiger partial charge >= 0.3 is 0 Å². The van der Waals surface area contributed by atoms with E-state index in [9.17, 15) is 9.18 Å². The second-order valence-corrected chi connectivity index (χ2v) is 5.84. The molecule has 1 N–H and O–H groups in total. The molecular formula is C18H17ClFNO4. The zero-order valence-corrected chi connectivity index (χ0v) is 14.1. The minimum atomic E-state index is -0.364. The number of carbonyl (C=O) groups excluding carboxylic acids is 1. The lowest BCUT2D eigenvalue weighted by atomic mass is 10.1. The third-order valence-corrected chi connectivity index (χ3v) is 3.79. The number of nitrogens with one attached hydrogen (secondary N) is 1. The van der Waals surface area contributed by atoms with Crippen molar-refractivity contribution in [2.75, 3.05) is 26.4 Å². The predicted octanol–water partition coefficient (Wildman–Crippen LogP) is 2.99. The van der Waals surface area contributed by atoms with E-state index in [-0.39, 0.29) is 24.8 Å². The van der Waals surface area contributed by atoms with Gasteiger partial charge in [-0.15, -0.1) is 0 Å². The summed E-state index contributed by atoms with van der Waals surface area (Å²) in [4.78, 5) is 12.0. The SMILES string of the molecule is O=C(Cc1cc(Cl)c2c(c1)OCCO2)NCCOc1cccc(F)c1. The van der Waals surface area contributed by atoms with Crippen molar-refractivity contribution in [2.45, 2.75) is 6.42 Å². The van der Waals surface area contributed by atoms with Crippen LogP contribution in [0, 0.1) is 5.82 Å². The van der Waals surface area contributed by atoms with Crippen LogP contribution in [0.2, 0.25) is 5.02 Å². The number of fused-ring (bicyclic) bond motifs is 1. The molecule has 0 aromatic heterocycles. The minimum Gasteiger partial charge on any atom is -0.492 e. The maximum Gasteiger partial charge on any atom is 0.224 e. The van der Waals surface area contributed by atoms with Crippen molar-refractivity contribution in [3.8, 4) is 17.2 Å². The molecule has 1 aliphatic heterocycles. The van der Waals surface area contributed by atoms with Crippen molar-refractivity contribution in [3.63, 3.8) is 0 Å². The van der Waals surface area contributed by atoms with Crippen molar-refractivity contribution in [1.82, 2.24) is 5.32 Å². The molecule has 0 aliphatic carbocycles. The molecule has 25 heavy (non-hydrogen) atoms. The van der Waals surface area contributed by atoms with Crippen LogP contribution in [0.1, 0.15) is 5.56 Å². The predicted molar refractivity (Wildman–Crippen MR) is 91.1 cm³/mol. The molecule has 3 rings (SSSR count). The van der Waals surface area contributed by atoms with Gasteiger partial charge < -0.3 is 19.5 Å². The van der Waals surface area contributed by atoms with Crippen LogP contribution in [0.25, 0.3) is 0 Å². The van der Waals surface area contributed by atoms with Gasteiger partial charge in [0, 0.05) is 6.07 Å². The first-order chi connectivity index (χ1) is 12.1. The molecule has 2 aromatic carbocycles. The number of hydrogen-bond acceptors (Lipinski definition) is 4. The first-order valence-corrected chi connectivity index (χ1v) is 8.23. The Balaban J connectivity index is 1.47. The second kappa shape index (κ2) is 8.07. The molecule has 2 aromatic rings. The van der Waals surface area contributed by atoms with Gasteiger partial charge in [-0.2, -0.15) is 0 Å². The van der Waals surface area contributed by atoms with Gasteiger partial charge in [-0.25, -0.2) is 4.39 Å². The second-order valence-electron chi connectivity index (χ2n) is 5.43. The van der Waals surface area contributed by atoms with Crippen LogP contribution >= 0.6 is 11.6 Å². The number of benzene rings is 2. The summed E-state index contributed by atoms with van der Waals surface area (Å²) >= 11 is 6.15. The van der Waals surface area contributed by atoms with Crippen molar-refractivity contribution in [1.29, 1.82) is 0 Å². The maximum absolute atomic E-state index is 13.0. The minimum absolute atomic E-state index is 0.163. The van der Waals surface area contributed by atoms with Gasteiger partial charge in [-0.05, 0) is 29.8 Å². The van der Waals surface area contributed by atoms with Crippen LogP contribution in [0.3, 0.4) is 0 Å². The Morgan fingerprint density at radius 3 is 2.92 bits per heavy atom. The largest absolute Gasteiger partial charge is 0.492 e. The standard InChI is InChI=1S/C18H17ClFNO4/c19-15-8-12(9-16-18(15)25-7-6-24-16)10-17(22)21-4-5-23-14-3-1-2-13(20)11-14/h1-3,8-9,11H,4-7,10H2,(H,21,22). The van der Waals surface area contributed by atoms with E-state index >= 15 is 0 Å². The molecule has 0 saturated carbocycles. The molecule has 7 heteroatoms. The van der Waals surface area contributed by atoms with E-state index in [1.165, 1.54) is 12.1 Å². The van der Waals surface area contributed by atoms with Crippen molar-refractivity contribution >= 4 is 17.5 Å². The highest BCUT2D eigenvalue weighted by Gasteiger charge is 2.17. The lowest BCUT2D eigenvalue weighted by Gasteiger charge is -2.20. The fourth-order valence-corrected chi connectivity index (χ4v) is 2.72. The normalized spacial score (nSPS) is 12.6. The molecule has 0 bridgehead atoms. The monoisotopic (exact) mass is 365 g/mol. The average Bonchev–Trinajstić information content (AvgIpc) is 2.59.